The van der Waals surface area contributed by atoms with Crippen LogP contribution in [0.2, 0.25) is 10.4 Å². The topological polar surface area (TPSA) is 80.5 Å². The molecule has 5 heterocycles. The summed E-state index contributed by atoms with van der Waals surface area (Å²) in [6.07, 6.45) is 7.08. The monoisotopic (exact) mass is 474 g/mol. The van der Waals surface area contributed by atoms with Crippen LogP contribution < -0.4 is 0 Å². The van der Waals surface area contributed by atoms with Crippen LogP contribution in [0.15, 0.2) is 6.33 Å². The van der Waals surface area contributed by atoms with Crippen LogP contribution in [0.3, 0.4) is 0 Å². The van der Waals surface area contributed by atoms with E-state index in [0.717, 1.165) is 57.5 Å². The maximum atomic E-state index is 6.47. The standard InChI is InChI=1S/C19H24Cl2N4O4S/c20-16-14-17(24-19(21)23-16)25(10-22-14)18-15(29-13-6-2-4-8-27-13)11(9-30-18)28-12-5-1-3-7-26-12/h10-13,15,18H,1-9H2/t11-,12?,13?,15-,18-/m0/s1. The van der Waals surface area contributed by atoms with Crippen LogP contribution in [0.1, 0.15) is 43.9 Å². The summed E-state index contributed by atoms with van der Waals surface area (Å²) >= 11 is 14.0. The van der Waals surface area contributed by atoms with Crippen LogP contribution in [0, 0.1) is 0 Å². The molecule has 0 aliphatic carbocycles. The second-order valence-corrected chi connectivity index (χ2v) is 9.54. The fraction of sp³-hybridized carbons (Fsp3) is 0.737. The molecule has 5 rings (SSSR count). The van der Waals surface area contributed by atoms with Crippen LogP contribution in [-0.2, 0) is 18.9 Å². The van der Waals surface area contributed by atoms with Gasteiger partial charge in [-0.2, -0.15) is 4.98 Å². The Morgan fingerprint density at radius 2 is 1.73 bits per heavy atom. The van der Waals surface area contributed by atoms with Crippen molar-refractivity contribution < 1.29 is 18.9 Å². The van der Waals surface area contributed by atoms with Crippen LogP contribution in [-0.4, -0.2) is 63.3 Å². The van der Waals surface area contributed by atoms with E-state index in [1.54, 1.807) is 18.1 Å². The Hall–Kier alpha value is -0.680. The largest absolute Gasteiger partial charge is 0.353 e. The van der Waals surface area contributed by atoms with Gasteiger partial charge in [0, 0.05) is 19.0 Å². The molecule has 3 saturated heterocycles. The summed E-state index contributed by atoms with van der Waals surface area (Å²) in [4.78, 5) is 12.8. The van der Waals surface area contributed by atoms with Gasteiger partial charge in [0.15, 0.2) is 23.4 Å². The molecule has 2 unspecified atom stereocenters. The highest BCUT2D eigenvalue weighted by Gasteiger charge is 2.43. The average molecular weight is 475 g/mol. The van der Waals surface area contributed by atoms with E-state index in [0.29, 0.717) is 11.2 Å². The first-order valence-corrected chi connectivity index (χ1v) is 12.2. The Morgan fingerprint density at radius 1 is 1.00 bits per heavy atom. The molecule has 0 aromatic carbocycles. The van der Waals surface area contributed by atoms with E-state index in [2.05, 4.69) is 15.0 Å². The number of fused-ring (bicyclic) bond motifs is 1. The highest BCUT2D eigenvalue weighted by molar-refractivity contribution is 7.99. The number of halogens is 2. The van der Waals surface area contributed by atoms with Crippen LogP contribution in [0.4, 0.5) is 0 Å². The van der Waals surface area contributed by atoms with Crippen molar-refractivity contribution in [2.45, 2.75) is 68.7 Å². The molecule has 2 aromatic heterocycles. The van der Waals surface area contributed by atoms with Crippen molar-refractivity contribution in [2.24, 2.45) is 0 Å². The summed E-state index contributed by atoms with van der Waals surface area (Å²) in [5.41, 5.74) is 1.11. The molecule has 30 heavy (non-hydrogen) atoms. The van der Waals surface area contributed by atoms with Crippen LogP contribution in [0.5, 0.6) is 0 Å². The molecule has 0 spiro atoms. The summed E-state index contributed by atoms with van der Waals surface area (Å²) < 4.78 is 26.5. The van der Waals surface area contributed by atoms with E-state index in [1.165, 1.54) is 0 Å². The van der Waals surface area contributed by atoms with E-state index >= 15 is 0 Å². The first kappa shape index (κ1) is 21.2. The Morgan fingerprint density at radius 3 is 2.43 bits per heavy atom. The van der Waals surface area contributed by atoms with Gasteiger partial charge in [-0.3, -0.25) is 4.57 Å². The van der Waals surface area contributed by atoms with E-state index in [4.69, 9.17) is 42.1 Å². The number of hydrogen-bond donors (Lipinski definition) is 0. The van der Waals surface area contributed by atoms with Gasteiger partial charge >= 0.3 is 0 Å². The lowest BCUT2D eigenvalue weighted by Gasteiger charge is -2.33. The van der Waals surface area contributed by atoms with Crippen molar-refractivity contribution in [2.75, 3.05) is 19.0 Å². The summed E-state index contributed by atoms with van der Waals surface area (Å²) in [7, 11) is 0. The van der Waals surface area contributed by atoms with E-state index in [1.807, 2.05) is 4.57 Å². The predicted molar refractivity (Wildman–Crippen MR) is 114 cm³/mol. The Kier molecular flexibility index (Phi) is 6.66. The SMILES string of the molecule is Clc1nc(Cl)c2ncn([C@H]3SC[C@H](OC4CCCCO4)[C@@H]3OC3CCCCO3)c2n1. The van der Waals surface area contributed by atoms with E-state index in [-0.39, 0.29) is 40.6 Å². The first-order valence-electron chi connectivity index (χ1n) is 10.4. The fourth-order valence-corrected chi connectivity index (χ4v) is 5.95. The second kappa shape index (κ2) is 9.44. The first-order chi connectivity index (χ1) is 14.7. The smallest absolute Gasteiger partial charge is 0.225 e. The zero-order valence-corrected chi connectivity index (χ0v) is 18.7. The molecular weight excluding hydrogens is 451 g/mol. The molecule has 0 N–H and O–H groups in total. The minimum absolute atomic E-state index is 0.0914. The van der Waals surface area contributed by atoms with Gasteiger partial charge in [0.2, 0.25) is 5.28 Å². The lowest BCUT2D eigenvalue weighted by atomic mass is 10.1. The lowest BCUT2D eigenvalue weighted by Crippen LogP contribution is -2.41. The molecule has 11 heteroatoms. The molecule has 0 radical (unpaired) electrons. The number of imidazole rings is 1. The lowest BCUT2D eigenvalue weighted by molar-refractivity contribution is -0.243. The van der Waals surface area contributed by atoms with Gasteiger partial charge in [-0.25, -0.2) is 9.97 Å². The van der Waals surface area contributed by atoms with Gasteiger partial charge in [0.25, 0.3) is 0 Å². The predicted octanol–water partition coefficient (Wildman–Crippen LogP) is 4.20. The molecule has 164 valence electrons. The number of ether oxygens (including phenoxy) is 4. The van der Waals surface area contributed by atoms with Gasteiger partial charge in [-0.1, -0.05) is 11.6 Å². The number of rotatable bonds is 5. The molecule has 3 fully saturated rings. The third-order valence-electron chi connectivity index (χ3n) is 5.62. The number of nitrogens with zero attached hydrogens (tertiary/aromatic N) is 4. The third kappa shape index (κ3) is 4.44. The minimum Gasteiger partial charge on any atom is -0.353 e. The minimum atomic E-state index is -0.242. The van der Waals surface area contributed by atoms with Gasteiger partial charge in [-0.15, -0.1) is 11.8 Å². The van der Waals surface area contributed by atoms with Crippen molar-refractivity contribution in [3.05, 3.63) is 16.8 Å². The van der Waals surface area contributed by atoms with Crippen molar-refractivity contribution >= 4 is 46.1 Å². The quantitative estimate of drug-likeness (QED) is 0.470. The molecule has 0 bridgehead atoms. The molecule has 8 nitrogen and oxygen atoms in total. The number of aromatic nitrogens is 4. The van der Waals surface area contributed by atoms with Gasteiger partial charge < -0.3 is 18.9 Å². The maximum Gasteiger partial charge on any atom is 0.225 e. The maximum absolute atomic E-state index is 6.47. The normalized spacial score (nSPS) is 32.7. The molecule has 0 amide bonds. The molecule has 0 saturated carbocycles. The fourth-order valence-electron chi connectivity index (χ4n) is 4.13. The van der Waals surface area contributed by atoms with E-state index in [9.17, 15) is 0 Å². The summed E-state index contributed by atoms with van der Waals surface area (Å²) in [5, 5.41) is 0.230. The molecule has 2 aromatic rings. The van der Waals surface area contributed by atoms with Crippen molar-refractivity contribution in [1.29, 1.82) is 0 Å². The van der Waals surface area contributed by atoms with Crippen LogP contribution in [0.25, 0.3) is 11.2 Å². The van der Waals surface area contributed by atoms with Gasteiger partial charge in [0.05, 0.1) is 12.4 Å². The van der Waals surface area contributed by atoms with Crippen molar-refractivity contribution in [1.82, 2.24) is 19.5 Å². The summed E-state index contributed by atoms with van der Waals surface area (Å²) in [6, 6.07) is 0. The summed E-state index contributed by atoms with van der Waals surface area (Å²) in [5.74, 6) is 0.772. The zero-order chi connectivity index (χ0) is 20.5. The zero-order valence-electron chi connectivity index (χ0n) is 16.4. The van der Waals surface area contributed by atoms with Crippen molar-refractivity contribution in [3.63, 3.8) is 0 Å². The van der Waals surface area contributed by atoms with Crippen molar-refractivity contribution in [3.8, 4) is 0 Å². The Balaban J connectivity index is 1.42. The molecular formula is C19H24Cl2N4O4S. The van der Waals surface area contributed by atoms with Gasteiger partial charge in [0.1, 0.15) is 17.0 Å². The second-order valence-electron chi connectivity index (χ2n) is 7.70. The van der Waals surface area contributed by atoms with E-state index < -0.39 is 0 Å². The summed E-state index contributed by atoms with van der Waals surface area (Å²) in [6.45, 7) is 1.46. The molecule has 5 atom stereocenters. The molecule has 3 aliphatic heterocycles. The van der Waals surface area contributed by atoms with Crippen LogP contribution >= 0.6 is 35.0 Å². The average Bonchev–Trinajstić information content (AvgIpc) is 3.34. The highest BCUT2D eigenvalue weighted by Crippen LogP contribution is 2.43. The third-order valence-corrected chi connectivity index (χ3v) is 7.41. The Labute approximate surface area is 188 Å². The number of thioether (sulfide) groups is 1. The highest BCUT2D eigenvalue weighted by atomic mass is 35.5. The van der Waals surface area contributed by atoms with Gasteiger partial charge in [-0.05, 0) is 50.1 Å². The Bertz CT molecular complexity index is 876. The number of hydrogen-bond acceptors (Lipinski definition) is 8. The molecule has 3 aliphatic rings.